The zero-order valence-corrected chi connectivity index (χ0v) is 14.3. The zero-order valence-electron chi connectivity index (χ0n) is 14.3. The van der Waals surface area contributed by atoms with E-state index in [1.807, 2.05) is 36.4 Å². The zero-order chi connectivity index (χ0) is 17.8. The Morgan fingerprint density at radius 1 is 1.19 bits per heavy atom. The summed E-state index contributed by atoms with van der Waals surface area (Å²) in [6.07, 6.45) is 5.25. The average Bonchev–Trinajstić information content (AvgIpc) is 2.72. The number of anilines is 1. The van der Waals surface area contributed by atoms with Crippen molar-refractivity contribution in [1.29, 1.82) is 0 Å². The summed E-state index contributed by atoms with van der Waals surface area (Å²) in [5.74, 6) is 0.780. The number of fused-ring (bicyclic) bond motifs is 1. The van der Waals surface area contributed by atoms with Gasteiger partial charge in [-0.25, -0.2) is 4.98 Å². The van der Waals surface area contributed by atoms with Gasteiger partial charge in [-0.15, -0.1) is 0 Å². The van der Waals surface area contributed by atoms with Crippen molar-refractivity contribution in [3.05, 3.63) is 60.6 Å². The molecule has 3 aromatic rings. The van der Waals surface area contributed by atoms with Crippen LogP contribution >= 0.6 is 0 Å². The van der Waals surface area contributed by atoms with Crippen molar-refractivity contribution < 1.29 is 4.79 Å². The lowest BCUT2D eigenvalue weighted by atomic mass is 10.2. The second-order valence-electron chi connectivity index (χ2n) is 6.25. The molecular weight excluding hydrogens is 328 g/mol. The highest BCUT2D eigenvalue weighted by Crippen LogP contribution is 2.16. The number of rotatable bonds is 4. The monoisotopic (exact) mass is 348 g/mol. The van der Waals surface area contributed by atoms with E-state index in [0.717, 1.165) is 35.5 Å². The van der Waals surface area contributed by atoms with Crippen molar-refractivity contribution in [3.63, 3.8) is 0 Å². The van der Waals surface area contributed by atoms with Crippen LogP contribution in [0.15, 0.2) is 55.0 Å². The van der Waals surface area contributed by atoms with E-state index in [1.165, 1.54) is 0 Å². The first-order valence-corrected chi connectivity index (χ1v) is 8.66. The molecule has 132 valence electrons. The fraction of sp³-hybridized carbons (Fsp3) is 0.263. The summed E-state index contributed by atoms with van der Waals surface area (Å²) in [7, 11) is 0. The van der Waals surface area contributed by atoms with Crippen LogP contribution in [0.4, 0.5) is 5.82 Å². The first-order valence-electron chi connectivity index (χ1n) is 8.66. The van der Waals surface area contributed by atoms with E-state index in [-0.39, 0.29) is 11.9 Å². The van der Waals surface area contributed by atoms with Gasteiger partial charge in [0.25, 0.3) is 0 Å². The molecule has 0 saturated carbocycles. The third-order valence-corrected chi connectivity index (χ3v) is 4.44. The van der Waals surface area contributed by atoms with Crippen molar-refractivity contribution >= 4 is 22.8 Å². The van der Waals surface area contributed by atoms with Gasteiger partial charge in [-0.3, -0.25) is 14.8 Å². The van der Waals surface area contributed by atoms with Gasteiger partial charge in [0.05, 0.1) is 17.2 Å². The molecular formula is C19H20N6O. The number of nitrogens with one attached hydrogen (secondary N) is 2. The molecule has 2 aromatic heterocycles. The molecule has 0 radical (unpaired) electrons. The topological polar surface area (TPSA) is 83.0 Å². The first kappa shape index (κ1) is 16.4. The van der Waals surface area contributed by atoms with Crippen LogP contribution < -0.4 is 15.5 Å². The Hall–Kier alpha value is -3.06. The molecule has 2 N–H and O–H groups in total. The van der Waals surface area contributed by atoms with E-state index < -0.39 is 0 Å². The first-order chi connectivity index (χ1) is 12.8. The smallest absolute Gasteiger partial charge is 0.239 e. The third-order valence-electron chi connectivity index (χ3n) is 4.44. The number of pyridine rings is 1. The van der Waals surface area contributed by atoms with Gasteiger partial charge in [-0.05, 0) is 23.8 Å². The van der Waals surface area contributed by atoms with Crippen LogP contribution in [-0.2, 0) is 11.3 Å². The van der Waals surface area contributed by atoms with Crippen molar-refractivity contribution in [2.75, 3.05) is 24.5 Å². The molecule has 1 saturated heterocycles. The van der Waals surface area contributed by atoms with Gasteiger partial charge in [0.2, 0.25) is 5.91 Å². The van der Waals surface area contributed by atoms with Crippen LogP contribution in [-0.4, -0.2) is 46.5 Å². The number of aromatic nitrogens is 3. The van der Waals surface area contributed by atoms with Gasteiger partial charge in [0.15, 0.2) is 0 Å². The van der Waals surface area contributed by atoms with Gasteiger partial charge in [0, 0.05) is 38.6 Å². The van der Waals surface area contributed by atoms with Gasteiger partial charge in [-0.1, -0.05) is 18.2 Å². The largest absolute Gasteiger partial charge is 0.352 e. The van der Waals surface area contributed by atoms with Crippen LogP contribution in [0.2, 0.25) is 0 Å². The number of benzene rings is 1. The van der Waals surface area contributed by atoms with Gasteiger partial charge in [0.1, 0.15) is 11.9 Å². The number of para-hydroxylation sites is 2. The third kappa shape index (κ3) is 3.62. The molecule has 7 nitrogen and oxygen atoms in total. The predicted octanol–water partition coefficient (Wildman–Crippen LogP) is 1.12. The fourth-order valence-corrected chi connectivity index (χ4v) is 3.05. The van der Waals surface area contributed by atoms with E-state index in [0.29, 0.717) is 13.1 Å². The Kier molecular flexibility index (Phi) is 4.70. The molecule has 1 aromatic carbocycles. The maximum atomic E-state index is 12.5. The molecule has 0 aliphatic carbocycles. The lowest BCUT2D eigenvalue weighted by molar-refractivity contribution is -0.123. The van der Waals surface area contributed by atoms with E-state index in [1.54, 1.807) is 18.6 Å². The number of hydrogen-bond acceptors (Lipinski definition) is 6. The SMILES string of the molecule is O=C(NCc1cccnc1)[C@H]1CN(c2cnc3ccccc3n2)CCN1. The summed E-state index contributed by atoms with van der Waals surface area (Å²) in [5.41, 5.74) is 2.71. The normalized spacial score (nSPS) is 17.2. The van der Waals surface area contributed by atoms with Crippen molar-refractivity contribution in [3.8, 4) is 0 Å². The molecule has 1 aliphatic rings. The van der Waals surface area contributed by atoms with Crippen molar-refractivity contribution in [2.45, 2.75) is 12.6 Å². The minimum atomic E-state index is -0.284. The van der Waals surface area contributed by atoms with Gasteiger partial charge >= 0.3 is 0 Å². The molecule has 1 fully saturated rings. The second kappa shape index (κ2) is 7.45. The van der Waals surface area contributed by atoms with Crippen molar-refractivity contribution in [1.82, 2.24) is 25.6 Å². The van der Waals surface area contributed by atoms with E-state index in [2.05, 4.69) is 30.5 Å². The van der Waals surface area contributed by atoms with Crippen molar-refractivity contribution in [2.24, 2.45) is 0 Å². The Morgan fingerprint density at radius 2 is 2.08 bits per heavy atom. The molecule has 1 aliphatic heterocycles. The minimum absolute atomic E-state index is 0.0210. The summed E-state index contributed by atoms with van der Waals surface area (Å²) in [6, 6.07) is 11.3. The second-order valence-corrected chi connectivity index (χ2v) is 6.25. The Balaban J connectivity index is 1.42. The Bertz CT molecular complexity index is 901. The van der Waals surface area contributed by atoms with Crippen LogP contribution in [0.3, 0.4) is 0 Å². The molecule has 0 unspecified atom stereocenters. The minimum Gasteiger partial charge on any atom is -0.352 e. The summed E-state index contributed by atoms with van der Waals surface area (Å²) in [4.78, 5) is 27.8. The van der Waals surface area contributed by atoms with E-state index >= 15 is 0 Å². The van der Waals surface area contributed by atoms with Gasteiger partial charge in [-0.2, -0.15) is 0 Å². The van der Waals surface area contributed by atoms with Crippen LogP contribution in [0.25, 0.3) is 11.0 Å². The summed E-state index contributed by atoms with van der Waals surface area (Å²) in [6.45, 7) is 2.55. The van der Waals surface area contributed by atoms with E-state index in [9.17, 15) is 4.79 Å². The number of nitrogens with zero attached hydrogens (tertiary/aromatic N) is 4. The highest BCUT2D eigenvalue weighted by molar-refractivity contribution is 5.83. The van der Waals surface area contributed by atoms with Crippen LogP contribution in [0, 0.1) is 0 Å². The van der Waals surface area contributed by atoms with E-state index in [4.69, 9.17) is 0 Å². The summed E-state index contributed by atoms with van der Waals surface area (Å²) >= 11 is 0. The highest BCUT2D eigenvalue weighted by atomic mass is 16.2. The quantitative estimate of drug-likeness (QED) is 0.735. The number of hydrogen-bond donors (Lipinski definition) is 2. The maximum absolute atomic E-state index is 12.5. The molecule has 7 heteroatoms. The summed E-state index contributed by atoms with van der Waals surface area (Å²) < 4.78 is 0. The number of carbonyl (C=O) groups is 1. The highest BCUT2D eigenvalue weighted by Gasteiger charge is 2.26. The summed E-state index contributed by atoms with van der Waals surface area (Å²) in [5, 5.41) is 6.24. The molecule has 26 heavy (non-hydrogen) atoms. The molecule has 0 spiro atoms. The predicted molar refractivity (Wildman–Crippen MR) is 99.6 cm³/mol. The number of amides is 1. The van der Waals surface area contributed by atoms with Gasteiger partial charge < -0.3 is 15.5 Å². The molecule has 1 atom stereocenters. The fourth-order valence-electron chi connectivity index (χ4n) is 3.05. The molecule has 3 heterocycles. The molecule has 1 amide bonds. The molecule has 4 rings (SSSR count). The van der Waals surface area contributed by atoms with Crippen LogP contribution in [0.5, 0.6) is 0 Å². The maximum Gasteiger partial charge on any atom is 0.239 e. The lowest BCUT2D eigenvalue weighted by Gasteiger charge is -2.33. The van der Waals surface area contributed by atoms with Crippen LogP contribution in [0.1, 0.15) is 5.56 Å². The molecule has 0 bridgehead atoms. The average molecular weight is 348 g/mol. The Labute approximate surface area is 151 Å². The standard InChI is InChI=1S/C19H20N6O/c26-19(23-11-14-4-3-7-20-10-14)17-13-25(9-8-21-17)18-12-22-15-5-1-2-6-16(15)24-18/h1-7,10,12,17,21H,8-9,11,13H2,(H,23,26)/t17-/m1/s1. The Morgan fingerprint density at radius 3 is 2.92 bits per heavy atom. The lowest BCUT2D eigenvalue weighted by Crippen LogP contribution is -2.57. The number of carbonyl (C=O) groups excluding carboxylic acids is 1. The number of piperazine rings is 1.